The van der Waals surface area contributed by atoms with Gasteiger partial charge in [-0.3, -0.25) is 9.40 Å². The first-order valence-corrected chi connectivity index (χ1v) is 8.13. The van der Waals surface area contributed by atoms with Crippen molar-refractivity contribution in [3.8, 4) is 0 Å². The number of nitrogens with zero attached hydrogens (tertiary/aromatic N) is 3. The maximum atomic E-state index is 12.0. The molecule has 2 aromatic heterocycles. The third-order valence-corrected chi connectivity index (χ3v) is 4.45. The van der Waals surface area contributed by atoms with Crippen LogP contribution in [0.1, 0.15) is 6.92 Å². The van der Waals surface area contributed by atoms with Crippen LogP contribution >= 0.6 is 11.3 Å². The van der Waals surface area contributed by atoms with Gasteiger partial charge in [-0.2, -0.15) is 5.10 Å². The molecule has 0 bridgehead atoms. The monoisotopic (exact) mass is 301 g/mol. The number of hydrogen-bond donors (Lipinski definition) is 2. The summed E-state index contributed by atoms with van der Waals surface area (Å²) in [4.78, 5) is 4.02. The number of thiazole rings is 1. The van der Waals surface area contributed by atoms with Gasteiger partial charge in [0.25, 0.3) is 10.0 Å². The van der Waals surface area contributed by atoms with Gasteiger partial charge in [-0.15, -0.1) is 11.3 Å². The number of rotatable bonds is 7. The zero-order chi connectivity index (χ0) is 13.7. The smallest absolute Gasteiger partial charge is 0.266 e. The summed E-state index contributed by atoms with van der Waals surface area (Å²) in [5, 5.41) is 9.22. The lowest BCUT2D eigenvalue weighted by Crippen LogP contribution is -2.19. The first-order chi connectivity index (χ1) is 9.12. The molecule has 0 aliphatic carbocycles. The summed E-state index contributed by atoms with van der Waals surface area (Å²) in [6, 6.07) is 0. The molecule has 2 rings (SSSR count). The number of anilines is 1. The van der Waals surface area contributed by atoms with Gasteiger partial charge in [0.05, 0.1) is 12.7 Å². The van der Waals surface area contributed by atoms with Gasteiger partial charge >= 0.3 is 0 Å². The van der Waals surface area contributed by atoms with Crippen LogP contribution in [-0.4, -0.2) is 36.3 Å². The van der Waals surface area contributed by atoms with Crippen molar-refractivity contribution in [3.63, 3.8) is 0 Å². The van der Waals surface area contributed by atoms with Crippen molar-refractivity contribution in [2.45, 2.75) is 18.4 Å². The quantitative estimate of drug-likeness (QED) is 0.737. The van der Waals surface area contributed by atoms with Crippen molar-refractivity contribution >= 4 is 26.5 Å². The van der Waals surface area contributed by atoms with Gasteiger partial charge in [0.15, 0.2) is 5.13 Å². The Balaban J connectivity index is 2.04. The topological polar surface area (TPSA) is 88.9 Å². The van der Waals surface area contributed by atoms with Crippen LogP contribution < -0.4 is 10.0 Å². The fourth-order valence-corrected chi connectivity index (χ4v) is 3.16. The average molecular weight is 301 g/mol. The van der Waals surface area contributed by atoms with Gasteiger partial charge in [0, 0.05) is 24.3 Å². The molecular weight excluding hydrogens is 286 g/mol. The molecule has 2 heterocycles. The summed E-state index contributed by atoms with van der Waals surface area (Å²) in [7, 11) is -3.60. The van der Waals surface area contributed by atoms with Gasteiger partial charge in [0.1, 0.15) is 4.90 Å². The maximum absolute atomic E-state index is 12.0. The Hall–Kier alpha value is -1.45. The minimum atomic E-state index is -3.60. The van der Waals surface area contributed by atoms with Crippen LogP contribution in [0.4, 0.5) is 5.13 Å². The molecule has 0 fully saturated rings. The number of sulfonamides is 1. The molecule has 0 atom stereocenters. The molecule has 0 unspecified atom stereocenters. The number of aromatic nitrogens is 3. The van der Waals surface area contributed by atoms with Crippen molar-refractivity contribution in [3.05, 3.63) is 24.0 Å². The molecule has 0 aliphatic rings. The highest BCUT2D eigenvalue weighted by molar-refractivity contribution is 7.93. The molecule has 104 valence electrons. The largest absolute Gasteiger partial charge is 0.315 e. The molecule has 7 nitrogen and oxygen atoms in total. The summed E-state index contributed by atoms with van der Waals surface area (Å²) >= 11 is 1.23. The van der Waals surface area contributed by atoms with E-state index >= 15 is 0 Å². The zero-order valence-electron chi connectivity index (χ0n) is 10.4. The van der Waals surface area contributed by atoms with E-state index in [1.54, 1.807) is 16.3 Å². The third kappa shape index (κ3) is 3.75. The lowest BCUT2D eigenvalue weighted by molar-refractivity contribution is 0.564. The van der Waals surface area contributed by atoms with E-state index < -0.39 is 10.0 Å². The Morgan fingerprint density at radius 1 is 1.47 bits per heavy atom. The molecule has 0 radical (unpaired) electrons. The highest BCUT2D eigenvalue weighted by Crippen LogP contribution is 2.17. The predicted molar refractivity (Wildman–Crippen MR) is 73.7 cm³/mol. The molecule has 0 spiro atoms. The molecule has 2 aromatic rings. The molecule has 9 heteroatoms. The van der Waals surface area contributed by atoms with Crippen LogP contribution in [0.5, 0.6) is 0 Å². The molecule has 19 heavy (non-hydrogen) atoms. The van der Waals surface area contributed by atoms with E-state index in [2.05, 4.69) is 20.1 Å². The Bertz CT molecular complexity index is 606. The van der Waals surface area contributed by atoms with Crippen LogP contribution in [0.3, 0.4) is 0 Å². The van der Waals surface area contributed by atoms with Crippen molar-refractivity contribution in [1.82, 2.24) is 20.1 Å². The van der Waals surface area contributed by atoms with Crippen molar-refractivity contribution in [2.24, 2.45) is 0 Å². The van der Waals surface area contributed by atoms with Crippen LogP contribution in [0.25, 0.3) is 0 Å². The van der Waals surface area contributed by atoms with Crippen molar-refractivity contribution in [1.29, 1.82) is 0 Å². The minimum Gasteiger partial charge on any atom is -0.315 e. The fraction of sp³-hybridized carbons (Fsp3) is 0.400. The van der Waals surface area contributed by atoms with E-state index in [1.807, 2.05) is 6.92 Å². The summed E-state index contributed by atoms with van der Waals surface area (Å²) in [6.07, 6.45) is 4.39. The van der Waals surface area contributed by atoms with E-state index in [-0.39, 0.29) is 4.90 Å². The van der Waals surface area contributed by atoms with Gasteiger partial charge in [-0.1, -0.05) is 6.92 Å². The second kappa shape index (κ2) is 6.13. The second-order valence-corrected chi connectivity index (χ2v) is 6.31. The third-order valence-electron chi connectivity index (χ3n) is 2.34. The standard InChI is InChI=1S/C10H15N5O2S2/c1-2-11-3-5-15-8-9(7-13-15)19(16,17)14-10-12-4-6-18-10/h4,6-8,11H,2-3,5H2,1H3,(H,12,14). The number of likely N-dealkylation sites (N-methyl/N-ethyl adjacent to an activating group) is 1. The highest BCUT2D eigenvalue weighted by atomic mass is 32.2. The number of hydrogen-bond acceptors (Lipinski definition) is 6. The van der Waals surface area contributed by atoms with E-state index in [4.69, 9.17) is 0 Å². The predicted octanol–water partition coefficient (Wildman–Crippen LogP) is 0.750. The Morgan fingerprint density at radius 3 is 3.00 bits per heavy atom. The molecule has 0 aromatic carbocycles. The minimum absolute atomic E-state index is 0.138. The molecule has 0 aliphatic heterocycles. The van der Waals surface area contributed by atoms with Crippen molar-refractivity contribution in [2.75, 3.05) is 17.8 Å². The van der Waals surface area contributed by atoms with Gasteiger partial charge in [-0.05, 0) is 6.54 Å². The summed E-state index contributed by atoms with van der Waals surface area (Å²) < 4.78 is 28.1. The highest BCUT2D eigenvalue weighted by Gasteiger charge is 2.17. The van der Waals surface area contributed by atoms with Crippen LogP contribution in [0.2, 0.25) is 0 Å². The van der Waals surface area contributed by atoms with Gasteiger partial charge in [-0.25, -0.2) is 13.4 Å². The summed E-state index contributed by atoms with van der Waals surface area (Å²) in [6.45, 7) is 4.26. The van der Waals surface area contributed by atoms with E-state index in [0.29, 0.717) is 11.7 Å². The Kier molecular flexibility index (Phi) is 4.51. The molecular formula is C10H15N5O2S2. The average Bonchev–Trinajstić information content (AvgIpc) is 3.00. The van der Waals surface area contributed by atoms with E-state index in [0.717, 1.165) is 13.1 Å². The normalized spacial score (nSPS) is 11.6. The summed E-state index contributed by atoms with van der Waals surface area (Å²) in [5.74, 6) is 0. The van der Waals surface area contributed by atoms with Gasteiger partial charge < -0.3 is 5.32 Å². The van der Waals surface area contributed by atoms with Crippen LogP contribution in [0, 0.1) is 0 Å². The van der Waals surface area contributed by atoms with Gasteiger partial charge in [0.2, 0.25) is 0 Å². The molecule has 0 saturated heterocycles. The fourth-order valence-electron chi connectivity index (χ4n) is 1.42. The number of nitrogens with one attached hydrogen (secondary N) is 2. The lowest BCUT2D eigenvalue weighted by Gasteiger charge is -2.02. The molecule has 2 N–H and O–H groups in total. The molecule has 0 amide bonds. The van der Waals surface area contributed by atoms with Crippen molar-refractivity contribution < 1.29 is 8.42 Å². The first-order valence-electron chi connectivity index (χ1n) is 5.77. The Morgan fingerprint density at radius 2 is 2.32 bits per heavy atom. The maximum Gasteiger partial charge on any atom is 0.266 e. The summed E-state index contributed by atoms with van der Waals surface area (Å²) in [5.41, 5.74) is 0. The van der Waals surface area contributed by atoms with E-state index in [9.17, 15) is 8.42 Å². The Labute approximate surface area is 115 Å². The SMILES string of the molecule is CCNCCn1cc(S(=O)(=O)Nc2nccs2)cn1. The van der Waals surface area contributed by atoms with E-state index in [1.165, 1.54) is 23.7 Å². The first kappa shape index (κ1) is 14.0. The zero-order valence-corrected chi connectivity index (χ0v) is 12.0. The molecule has 0 saturated carbocycles. The second-order valence-electron chi connectivity index (χ2n) is 3.74. The van der Waals surface area contributed by atoms with Crippen LogP contribution in [0.15, 0.2) is 28.9 Å². The lowest BCUT2D eigenvalue weighted by atomic mass is 10.6. The van der Waals surface area contributed by atoms with Crippen LogP contribution in [-0.2, 0) is 16.6 Å².